The van der Waals surface area contributed by atoms with Crippen LogP contribution in [0.15, 0.2) is 0 Å². The van der Waals surface area contributed by atoms with E-state index in [0.717, 1.165) is 44.7 Å². The molecule has 1 heterocycles. The Labute approximate surface area is 86.6 Å². The van der Waals surface area contributed by atoms with Crippen molar-refractivity contribution < 1.29 is 4.74 Å². The summed E-state index contributed by atoms with van der Waals surface area (Å²) in [6.45, 7) is 5.00. The second kappa shape index (κ2) is 5.10. The lowest BCUT2D eigenvalue weighted by Crippen LogP contribution is -2.39. The van der Waals surface area contributed by atoms with Crippen molar-refractivity contribution >= 4 is 0 Å². The minimum absolute atomic E-state index is 0.795. The van der Waals surface area contributed by atoms with Crippen molar-refractivity contribution in [3.05, 3.63) is 0 Å². The number of hydrogen-bond acceptors (Lipinski definition) is 3. The van der Waals surface area contributed by atoms with Gasteiger partial charge in [0.15, 0.2) is 0 Å². The van der Waals surface area contributed by atoms with Crippen LogP contribution in [0.5, 0.6) is 0 Å². The van der Waals surface area contributed by atoms with Gasteiger partial charge in [-0.25, -0.2) is 0 Å². The number of fused-ring (bicyclic) bond motifs is 1. The summed E-state index contributed by atoms with van der Waals surface area (Å²) in [7, 11) is 0. The van der Waals surface area contributed by atoms with Gasteiger partial charge in [0.2, 0.25) is 0 Å². The number of rotatable bonds is 3. The number of hydrogen-bond donors (Lipinski definition) is 1. The third-order valence-corrected chi connectivity index (χ3v) is 3.59. The highest BCUT2D eigenvalue weighted by atomic mass is 16.5. The molecule has 0 radical (unpaired) electrons. The predicted molar refractivity (Wildman–Crippen MR) is 57.2 cm³/mol. The SMILES string of the molecule is NCCCN1CCOC[C@@H]2CCC[C@H]21. The van der Waals surface area contributed by atoms with E-state index in [2.05, 4.69) is 4.90 Å². The summed E-state index contributed by atoms with van der Waals surface area (Å²) in [5.41, 5.74) is 5.56. The summed E-state index contributed by atoms with van der Waals surface area (Å²) in [6.07, 6.45) is 5.25. The largest absolute Gasteiger partial charge is 0.380 e. The van der Waals surface area contributed by atoms with Gasteiger partial charge in [0.1, 0.15) is 0 Å². The van der Waals surface area contributed by atoms with E-state index in [1.807, 2.05) is 0 Å². The average molecular weight is 198 g/mol. The first-order valence-electron chi connectivity index (χ1n) is 5.93. The van der Waals surface area contributed by atoms with Gasteiger partial charge in [-0.3, -0.25) is 4.90 Å². The first-order valence-corrected chi connectivity index (χ1v) is 5.93. The van der Waals surface area contributed by atoms with E-state index in [-0.39, 0.29) is 0 Å². The van der Waals surface area contributed by atoms with Crippen molar-refractivity contribution in [1.29, 1.82) is 0 Å². The van der Waals surface area contributed by atoms with Crippen LogP contribution in [0.1, 0.15) is 25.7 Å². The summed E-state index contributed by atoms with van der Waals surface area (Å²) in [4.78, 5) is 2.61. The summed E-state index contributed by atoms with van der Waals surface area (Å²) < 4.78 is 5.65. The van der Waals surface area contributed by atoms with E-state index >= 15 is 0 Å². The van der Waals surface area contributed by atoms with Crippen LogP contribution in [0.25, 0.3) is 0 Å². The van der Waals surface area contributed by atoms with Gasteiger partial charge in [0.05, 0.1) is 13.2 Å². The molecule has 1 saturated carbocycles. The Kier molecular flexibility index (Phi) is 3.79. The maximum absolute atomic E-state index is 5.65. The summed E-state index contributed by atoms with van der Waals surface area (Å²) in [5.74, 6) is 0.801. The molecule has 2 aliphatic rings. The highest BCUT2D eigenvalue weighted by Crippen LogP contribution is 2.31. The second-order valence-corrected chi connectivity index (χ2v) is 4.51. The average Bonchev–Trinajstić information content (AvgIpc) is 2.58. The molecule has 1 saturated heterocycles. The monoisotopic (exact) mass is 198 g/mol. The lowest BCUT2D eigenvalue weighted by molar-refractivity contribution is 0.120. The Balaban J connectivity index is 1.91. The zero-order chi connectivity index (χ0) is 9.80. The molecule has 0 spiro atoms. The van der Waals surface area contributed by atoms with Crippen LogP contribution in [0.3, 0.4) is 0 Å². The highest BCUT2D eigenvalue weighted by molar-refractivity contribution is 4.86. The molecule has 2 fully saturated rings. The van der Waals surface area contributed by atoms with E-state index in [9.17, 15) is 0 Å². The van der Waals surface area contributed by atoms with Crippen LogP contribution in [0, 0.1) is 5.92 Å². The van der Waals surface area contributed by atoms with Crippen LogP contribution < -0.4 is 5.73 Å². The second-order valence-electron chi connectivity index (χ2n) is 4.51. The molecule has 3 nitrogen and oxygen atoms in total. The van der Waals surface area contributed by atoms with Gasteiger partial charge < -0.3 is 10.5 Å². The van der Waals surface area contributed by atoms with Crippen LogP contribution in [0.2, 0.25) is 0 Å². The smallest absolute Gasteiger partial charge is 0.0593 e. The van der Waals surface area contributed by atoms with Gasteiger partial charge in [-0.05, 0) is 38.3 Å². The Hall–Kier alpha value is -0.120. The van der Waals surface area contributed by atoms with Crippen molar-refractivity contribution in [2.24, 2.45) is 11.7 Å². The highest BCUT2D eigenvalue weighted by Gasteiger charge is 2.33. The van der Waals surface area contributed by atoms with E-state index in [4.69, 9.17) is 10.5 Å². The molecular formula is C11H22N2O. The van der Waals surface area contributed by atoms with E-state index in [1.54, 1.807) is 0 Å². The molecule has 0 aromatic heterocycles. The van der Waals surface area contributed by atoms with Crippen molar-refractivity contribution in [3.63, 3.8) is 0 Å². The molecule has 14 heavy (non-hydrogen) atoms. The van der Waals surface area contributed by atoms with E-state index in [1.165, 1.54) is 25.8 Å². The molecule has 0 unspecified atom stereocenters. The molecule has 0 amide bonds. The number of nitrogens with two attached hydrogens (primary N) is 1. The van der Waals surface area contributed by atoms with Crippen LogP contribution in [0.4, 0.5) is 0 Å². The van der Waals surface area contributed by atoms with Crippen molar-refractivity contribution in [2.75, 3.05) is 32.8 Å². The van der Waals surface area contributed by atoms with Crippen LogP contribution >= 0.6 is 0 Å². The standard InChI is InChI=1S/C11H22N2O/c12-5-2-6-13-7-8-14-9-10-3-1-4-11(10)13/h10-11H,1-9,12H2/t10-,11+/m0/s1. The maximum atomic E-state index is 5.65. The molecule has 0 aromatic rings. The molecule has 2 N–H and O–H groups in total. The molecule has 0 bridgehead atoms. The van der Waals surface area contributed by atoms with Gasteiger partial charge in [-0.1, -0.05) is 6.42 Å². The molecule has 2 rings (SSSR count). The summed E-state index contributed by atoms with van der Waals surface area (Å²) in [5, 5.41) is 0. The van der Waals surface area contributed by atoms with Crippen LogP contribution in [-0.4, -0.2) is 43.8 Å². The minimum atomic E-state index is 0.795. The zero-order valence-electron chi connectivity index (χ0n) is 8.95. The van der Waals surface area contributed by atoms with Gasteiger partial charge in [0.25, 0.3) is 0 Å². The zero-order valence-corrected chi connectivity index (χ0v) is 8.95. The predicted octanol–water partition coefficient (Wildman–Crippen LogP) is 0.836. The van der Waals surface area contributed by atoms with Gasteiger partial charge >= 0.3 is 0 Å². The maximum Gasteiger partial charge on any atom is 0.0593 e. The Bertz CT molecular complexity index is 175. The third kappa shape index (κ3) is 2.27. The molecule has 82 valence electrons. The van der Waals surface area contributed by atoms with Gasteiger partial charge in [-0.2, -0.15) is 0 Å². The Morgan fingerprint density at radius 1 is 1.36 bits per heavy atom. The first kappa shape index (κ1) is 10.4. The summed E-state index contributed by atoms with van der Waals surface area (Å²) in [6, 6.07) is 0.795. The molecule has 2 atom stereocenters. The number of nitrogens with zero attached hydrogens (tertiary/aromatic N) is 1. The molecule has 1 aliphatic carbocycles. The molecular weight excluding hydrogens is 176 g/mol. The van der Waals surface area contributed by atoms with E-state index < -0.39 is 0 Å². The lowest BCUT2D eigenvalue weighted by atomic mass is 10.0. The Morgan fingerprint density at radius 2 is 2.29 bits per heavy atom. The van der Waals surface area contributed by atoms with Crippen molar-refractivity contribution in [2.45, 2.75) is 31.7 Å². The number of ether oxygens (including phenoxy) is 1. The fourth-order valence-corrected chi connectivity index (χ4v) is 2.85. The van der Waals surface area contributed by atoms with Gasteiger partial charge in [0, 0.05) is 12.6 Å². The lowest BCUT2D eigenvalue weighted by Gasteiger charge is -2.29. The molecule has 1 aliphatic heterocycles. The van der Waals surface area contributed by atoms with E-state index in [0.29, 0.717) is 0 Å². The van der Waals surface area contributed by atoms with Crippen LogP contribution in [-0.2, 0) is 4.74 Å². The third-order valence-electron chi connectivity index (χ3n) is 3.59. The fourth-order valence-electron chi connectivity index (χ4n) is 2.85. The quantitative estimate of drug-likeness (QED) is 0.730. The molecule has 0 aromatic carbocycles. The fraction of sp³-hybridized carbons (Fsp3) is 1.00. The topological polar surface area (TPSA) is 38.5 Å². The normalized spacial score (nSPS) is 34.1. The van der Waals surface area contributed by atoms with Crippen molar-refractivity contribution in [3.8, 4) is 0 Å². The molecule has 3 heteroatoms. The Morgan fingerprint density at radius 3 is 3.14 bits per heavy atom. The van der Waals surface area contributed by atoms with Crippen molar-refractivity contribution in [1.82, 2.24) is 4.90 Å². The minimum Gasteiger partial charge on any atom is -0.380 e. The summed E-state index contributed by atoms with van der Waals surface area (Å²) >= 11 is 0. The first-order chi connectivity index (χ1) is 6.92. The van der Waals surface area contributed by atoms with Gasteiger partial charge in [-0.15, -0.1) is 0 Å².